The molecule has 2 rings (SSSR count). The number of benzene rings is 1. The van der Waals surface area contributed by atoms with Gasteiger partial charge in [0, 0.05) is 35.0 Å². The number of hydrogen-bond donors (Lipinski definition) is 1. The normalized spacial score (nSPS) is 10.6. The van der Waals surface area contributed by atoms with Crippen LogP contribution in [-0.4, -0.2) is 4.98 Å². The Morgan fingerprint density at radius 3 is 2.78 bits per heavy atom. The zero-order chi connectivity index (χ0) is 13.0. The third-order valence-electron chi connectivity index (χ3n) is 2.79. The Morgan fingerprint density at radius 1 is 1.22 bits per heavy atom. The van der Waals surface area contributed by atoms with Crippen LogP contribution in [0.5, 0.6) is 0 Å². The standard InChI is InChI=1S/C14H14BrClN2/c1-10-4-5-17-8-12(10)9-18-7-11-6-13(15)2-3-14(11)16/h2-6,8,18H,7,9H2,1H3. The SMILES string of the molecule is Cc1ccncc1CNCc1cc(Br)ccc1Cl. The Labute approximate surface area is 121 Å². The van der Waals surface area contributed by atoms with Crippen molar-refractivity contribution in [2.24, 2.45) is 0 Å². The van der Waals surface area contributed by atoms with Crippen molar-refractivity contribution in [3.8, 4) is 0 Å². The summed E-state index contributed by atoms with van der Waals surface area (Å²) in [4.78, 5) is 4.13. The molecule has 1 N–H and O–H groups in total. The fraction of sp³-hybridized carbons (Fsp3) is 0.214. The van der Waals surface area contributed by atoms with E-state index in [1.165, 1.54) is 11.1 Å². The molecule has 0 aliphatic carbocycles. The van der Waals surface area contributed by atoms with E-state index in [9.17, 15) is 0 Å². The molecule has 18 heavy (non-hydrogen) atoms. The van der Waals surface area contributed by atoms with Crippen LogP contribution in [0.3, 0.4) is 0 Å². The summed E-state index contributed by atoms with van der Waals surface area (Å²) in [7, 11) is 0. The first-order chi connectivity index (χ1) is 8.66. The highest BCUT2D eigenvalue weighted by atomic mass is 79.9. The van der Waals surface area contributed by atoms with Gasteiger partial charge >= 0.3 is 0 Å². The molecule has 1 heterocycles. The minimum Gasteiger partial charge on any atom is -0.308 e. The van der Waals surface area contributed by atoms with E-state index in [1.54, 1.807) is 0 Å². The predicted molar refractivity (Wildman–Crippen MR) is 78.7 cm³/mol. The highest BCUT2D eigenvalue weighted by Gasteiger charge is 2.02. The molecule has 0 saturated carbocycles. The summed E-state index contributed by atoms with van der Waals surface area (Å²) in [5.41, 5.74) is 3.55. The quantitative estimate of drug-likeness (QED) is 0.915. The second kappa shape index (κ2) is 6.32. The van der Waals surface area contributed by atoms with Gasteiger partial charge in [-0.05, 0) is 47.9 Å². The second-order valence-corrected chi connectivity index (χ2v) is 5.46. The Balaban J connectivity index is 1.96. The lowest BCUT2D eigenvalue weighted by atomic mass is 10.1. The molecule has 0 radical (unpaired) electrons. The number of aromatic nitrogens is 1. The number of aryl methyl sites for hydroxylation is 1. The van der Waals surface area contributed by atoms with Gasteiger partial charge in [-0.25, -0.2) is 0 Å². The average Bonchev–Trinajstić information content (AvgIpc) is 2.36. The van der Waals surface area contributed by atoms with Crippen molar-refractivity contribution in [2.75, 3.05) is 0 Å². The van der Waals surface area contributed by atoms with Crippen LogP contribution in [0.2, 0.25) is 5.02 Å². The van der Waals surface area contributed by atoms with Crippen LogP contribution in [0.25, 0.3) is 0 Å². The number of halogens is 2. The van der Waals surface area contributed by atoms with Crippen LogP contribution >= 0.6 is 27.5 Å². The van der Waals surface area contributed by atoms with Gasteiger partial charge in [-0.2, -0.15) is 0 Å². The number of nitrogens with zero attached hydrogens (tertiary/aromatic N) is 1. The fourth-order valence-electron chi connectivity index (χ4n) is 1.69. The van der Waals surface area contributed by atoms with Crippen molar-refractivity contribution in [3.05, 3.63) is 62.8 Å². The number of hydrogen-bond acceptors (Lipinski definition) is 2. The summed E-state index contributed by atoms with van der Waals surface area (Å²) >= 11 is 9.58. The molecule has 0 amide bonds. The number of pyridine rings is 1. The van der Waals surface area contributed by atoms with Crippen LogP contribution in [-0.2, 0) is 13.1 Å². The Hall–Kier alpha value is -0.900. The Bertz CT molecular complexity index is 543. The summed E-state index contributed by atoms with van der Waals surface area (Å²) < 4.78 is 1.04. The Morgan fingerprint density at radius 2 is 2.00 bits per heavy atom. The van der Waals surface area contributed by atoms with Gasteiger partial charge < -0.3 is 5.32 Å². The predicted octanol–water partition coefficient (Wildman–Crippen LogP) is 4.10. The van der Waals surface area contributed by atoms with Crippen LogP contribution in [0, 0.1) is 6.92 Å². The van der Waals surface area contributed by atoms with Gasteiger partial charge in [0.1, 0.15) is 0 Å². The van der Waals surface area contributed by atoms with Crippen molar-refractivity contribution in [1.82, 2.24) is 10.3 Å². The molecule has 0 fully saturated rings. The zero-order valence-corrected chi connectivity index (χ0v) is 12.4. The molecule has 2 nitrogen and oxygen atoms in total. The molecule has 4 heteroatoms. The first-order valence-corrected chi connectivity index (χ1v) is 6.88. The number of nitrogens with one attached hydrogen (secondary N) is 1. The molecular weight excluding hydrogens is 312 g/mol. The molecule has 2 aromatic rings. The molecule has 1 aromatic heterocycles. The van der Waals surface area contributed by atoms with Crippen molar-refractivity contribution in [2.45, 2.75) is 20.0 Å². The second-order valence-electron chi connectivity index (χ2n) is 4.14. The first kappa shape index (κ1) is 13.5. The molecule has 0 aliphatic heterocycles. The maximum atomic E-state index is 6.14. The maximum absolute atomic E-state index is 6.14. The molecule has 0 spiro atoms. The van der Waals surface area contributed by atoms with Gasteiger partial charge in [0.2, 0.25) is 0 Å². The van der Waals surface area contributed by atoms with E-state index in [1.807, 2.05) is 36.7 Å². The summed E-state index contributed by atoms with van der Waals surface area (Å²) in [5, 5.41) is 4.17. The average molecular weight is 326 g/mol. The summed E-state index contributed by atoms with van der Waals surface area (Å²) in [5.74, 6) is 0. The molecule has 94 valence electrons. The van der Waals surface area contributed by atoms with E-state index < -0.39 is 0 Å². The van der Waals surface area contributed by atoms with E-state index >= 15 is 0 Å². The topological polar surface area (TPSA) is 24.9 Å². The minimum absolute atomic E-state index is 0.743. The zero-order valence-electron chi connectivity index (χ0n) is 10.1. The van der Waals surface area contributed by atoms with Crippen molar-refractivity contribution in [1.29, 1.82) is 0 Å². The minimum atomic E-state index is 0.743. The lowest BCUT2D eigenvalue weighted by Crippen LogP contribution is -2.14. The van der Waals surface area contributed by atoms with E-state index in [4.69, 9.17) is 11.6 Å². The largest absolute Gasteiger partial charge is 0.308 e. The smallest absolute Gasteiger partial charge is 0.0451 e. The highest BCUT2D eigenvalue weighted by Crippen LogP contribution is 2.20. The van der Waals surface area contributed by atoms with Crippen LogP contribution < -0.4 is 5.32 Å². The van der Waals surface area contributed by atoms with Gasteiger partial charge in [-0.1, -0.05) is 27.5 Å². The van der Waals surface area contributed by atoms with Crippen molar-refractivity contribution < 1.29 is 0 Å². The monoisotopic (exact) mass is 324 g/mol. The molecule has 0 saturated heterocycles. The summed E-state index contributed by atoms with van der Waals surface area (Å²) in [6.45, 7) is 3.62. The molecule has 0 bridgehead atoms. The van der Waals surface area contributed by atoms with Crippen molar-refractivity contribution >= 4 is 27.5 Å². The first-order valence-electron chi connectivity index (χ1n) is 5.71. The van der Waals surface area contributed by atoms with E-state index in [-0.39, 0.29) is 0 Å². The van der Waals surface area contributed by atoms with Gasteiger partial charge in [-0.3, -0.25) is 4.98 Å². The number of rotatable bonds is 4. The van der Waals surface area contributed by atoms with Gasteiger partial charge in [0.05, 0.1) is 0 Å². The molecule has 0 atom stereocenters. The third-order valence-corrected chi connectivity index (χ3v) is 3.65. The summed E-state index contributed by atoms with van der Waals surface area (Å²) in [6, 6.07) is 7.89. The highest BCUT2D eigenvalue weighted by molar-refractivity contribution is 9.10. The van der Waals surface area contributed by atoms with Crippen LogP contribution in [0.1, 0.15) is 16.7 Å². The van der Waals surface area contributed by atoms with Gasteiger partial charge in [-0.15, -0.1) is 0 Å². The summed E-state index contributed by atoms with van der Waals surface area (Å²) in [6.07, 6.45) is 3.70. The lowest BCUT2D eigenvalue weighted by Gasteiger charge is -2.09. The van der Waals surface area contributed by atoms with Gasteiger partial charge in [0.15, 0.2) is 0 Å². The van der Waals surface area contributed by atoms with Crippen molar-refractivity contribution in [3.63, 3.8) is 0 Å². The maximum Gasteiger partial charge on any atom is 0.0451 e. The van der Waals surface area contributed by atoms with Crippen LogP contribution in [0.15, 0.2) is 41.1 Å². The van der Waals surface area contributed by atoms with Crippen LogP contribution in [0.4, 0.5) is 0 Å². The van der Waals surface area contributed by atoms with E-state index in [0.717, 1.165) is 28.1 Å². The van der Waals surface area contributed by atoms with Gasteiger partial charge in [0.25, 0.3) is 0 Å². The van der Waals surface area contributed by atoms with E-state index in [2.05, 4.69) is 33.2 Å². The molecular formula is C14H14BrClN2. The fourth-order valence-corrected chi connectivity index (χ4v) is 2.29. The Kier molecular flexibility index (Phi) is 4.75. The molecule has 1 aromatic carbocycles. The molecule has 0 unspecified atom stereocenters. The third kappa shape index (κ3) is 3.55. The molecule has 0 aliphatic rings. The lowest BCUT2D eigenvalue weighted by molar-refractivity contribution is 0.688. The van der Waals surface area contributed by atoms with E-state index in [0.29, 0.717) is 0 Å².